The number of anilines is 2. The van der Waals surface area contributed by atoms with Crippen LogP contribution in [0, 0.1) is 0 Å². The Hall–Kier alpha value is -2.36. The molecule has 0 amide bonds. The van der Waals surface area contributed by atoms with E-state index in [1.807, 2.05) is 36.4 Å². The van der Waals surface area contributed by atoms with Gasteiger partial charge in [-0.05, 0) is 54.6 Å². The van der Waals surface area contributed by atoms with Crippen molar-refractivity contribution in [1.29, 1.82) is 0 Å². The fourth-order valence-electron chi connectivity index (χ4n) is 3.65. The van der Waals surface area contributed by atoms with Crippen LogP contribution in [0.2, 0.25) is 10.0 Å². The smallest absolute Gasteiger partial charge is 0.132 e. The van der Waals surface area contributed by atoms with Crippen LogP contribution in [0.15, 0.2) is 72.8 Å². The lowest BCUT2D eigenvalue weighted by atomic mass is 10.1. The van der Waals surface area contributed by atoms with Crippen LogP contribution < -0.4 is 14.5 Å². The maximum atomic E-state index is 6.10. The lowest BCUT2D eigenvalue weighted by Crippen LogP contribution is -2.31. The number of rotatable bonds is 4. The van der Waals surface area contributed by atoms with Crippen molar-refractivity contribution >= 4 is 34.6 Å². The standard InChI is InChI=1S/C22H20Cl2N2O/c1-27-21-5-3-2-4-20(21)22-25(18-10-6-16(23)7-11-18)14-15-26(22)19-12-8-17(24)9-13-19/h2-13,22H,14-15H2,1H3. The fraction of sp³-hybridized carbons (Fsp3) is 0.182. The molecular formula is C22H20Cl2N2O. The predicted molar refractivity (Wildman–Crippen MR) is 113 cm³/mol. The quantitative estimate of drug-likeness (QED) is 0.533. The second kappa shape index (κ2) is 7.71. The van der Waals surface area contributed by atoms with Gasteiger partial charge in [0.1, 0.15) is 11.9 Å². The Morgan fingerprint density at radius 1 is 0.741 bits per heavy atom. The lowest BCUT2D eigenvalue weighted by Gasteiger charge is -2.34. The molecule has 0 N–H and O–H groups in total. The van der Waals surface area contributed by atoms with Gasteiger partial charge in [-0.25, -0.2) is 0 Å². The van der Waals surface area contributed by atoms with E-state index in [1.165, 1.54) is 0 Å². The molecule has 138 valence electrons. The number of methoxy groups -OCH3 is 1. The maximum Gasteiger partial charge on any atom is 0.132 e. The Kier molecular flexibility index (Phi) is 5.15. The largest absolute Gasteiger partial charge is 0.496 e. The van der Waals surface area contributed by atoms with Gasteiger partial charge < -0.3 is 14.5 Å². The van der Waals surface area contributed by atoms with Gasteiger partial charge in [-0.15, -0.1) is 0 Å². The number of benzene rings is 3. The third-order valence-electron chi connectivity index (χ3n) is 4.91. The average Bonchev–Trinajstić information content (AvgIpc) is 3.14. The summed E-state index contributed by atoms with van der Waals surface area (Å²) in [6.45, 7) is 1.79. The van der Waals surface area contributed by atoms with Crippen molar-refractivity contribution in [3.63, 3.8) is 0 Å². The normalized spacial score (nSPS) is 14.6. The number of ether oxygens (including phenoxy) is 1. The van der Waals surface area contributed by atoms with Gasteiger partial charge in [-0.1, -0.05) is 41.4 Å². The van der Waals surface area contributed by atoms with E-state index in [0.29, 0.717) is 0 Å². The lowest BCUT2D eigenvalue weighted by molar-refractivity contribution is 0.405. The monoisotopic (exact) mass is 398 g/mol. The molecule has 0 radical (unpaired) electrons. The molecule has 27 heavy (non-hydrogen) atoms. The van der Waals surface area contributed by atoms with Crippen LogP contribution in [0.3, 0.4) is 0 Å². The SMILES string of the molecule is COc1ccccc1C1N(c2ccc(Cl)cc2)CCN1c1ccc(Cl)cc1. The number of hydrogen-bond acceptors (Lipinski definition) is 3. The van der Waals surface area contributed by atoms with E-state index in [0.717, 1.165) is 45.8 Å². The molecule has 3 nitrogen and oxygen atoms in total. The summed E-state index contributed by atoms with van der Waals surface area (Å²) in [7, 11) is 1.72. The highest BCUT2D eigenvalue weighted by Crippen LogP contribution is 2.41. The summed E-state index contributed by atoms with van der Waals surface area (Å²) in [4.78, 5) is 4.76. The number of halogens is 2. The van der Waals surface area contributed by atoms with E-state index >= 15 is 0 Å². The molecule has 0 unspecified atom stereocenters. The first-order valence-electron chi connectivity index (χ1n) is 8.85. The van der Waals surface area contributed by atoms with E-state index in [-0.39, 0.29) is 6.17 Å². The van der Waals surface area contributed by atoms with E-state index < -0.39 is 0 Å². The van der Waals surface area contributed by atoms with Crippen LogP contribution in [0.5, 0.6) is 5.75 Å². The number of hydrogen-bond donors (Lipinski definition) is 0. The first-order chi connectivity index (χ1) is 13.2. The molecule has 0 spiro atoms. The molecule has 3 aromatic rings. The van der Waals surface area contributed by atoms with Gasteiger partial charge in [0.05, 0.1) is 7.11 Å². The van der Waals surface area contributed by atoms with E-state index in [1.54, 1.807) is 7.11 Å². The van der Waals surface area contributed by atoms with Crippen LogP contribution in [0.4, 0.5) is 11.4 Å². The minimum atomic E-state index is 0.0171. The van der Waals surface area contributed by atoms with E-state index in [2.05, 4.69) is 46.2 Å². The van der Waals surface area contributed by atoms with Crippen LogP contribution in [0.1, 0.15) is 11.7 Å². The van der Waals surface area contributed by atoms with Gasteiger partial charge >= 0.3 is 0 Å². The molecule has 5 heteroatoms. The molecule has 0 saturated carbocycles. The third kappa shape index (κ3) is 3.58. The molecule has 1 aliphatic rings. The highest BCUT2D eigenvalue weighted by molar-refractivity contribution is 6.30. The zero-order chi connectivity index (χ0) is 18.8. The summed E-state index contributed by atoms with van der Waals surface area (Å²) >= 11 is 12.2. The molecule has 1 aliphatic heterocycles. The van der Waals surface area contributed by atoms with Gasteiger partial charge in [0.2, 0.25) is 0 Å². The Bertz CT molecular complexity index is 859. The minimum absolute atomic E-state index is 0.0171. The zero-order valence-corrected chi connectivity index (χ0v) is 16.5. The number of nitrogens with zero attached hydrogens (tertiary/aromatic N) is 2. The zero-order valence-electron chi connectivity index (χ0n) is 15.0. The van der Waals surface area contributed by atoms with Gasteiger partial charge in [-0.3, -0.25) is 0 Å². The van der Waals surface area contributed by atoms with Crippen LogP contribution in [0.25, 0.3) is 0 Å². The molecule has 0 aliphatic carbocycles. The Morgan fingerprint density at radius 3 is 1.70 bits per heavy atom. The van der Waals surface area contributed by atoms with E-state index in [9.17, 15) is 0 Å². The predicted octanol–water partition coefficient (Wildman–Crippen LogP) is 6.03. The van der Waals surface area contributed by atoms with Crippen LogP contribution in [-0.4, -0.2) is 20.2 Å². The van der Waals surface area contributed by atoms with Crippen molar-refractivity contribution in [2.75, 3.05) is 30.0 Å². The fourth-order valence-corrected chi connectivity index (χ4v) is 3.90. The minimum Gasteiger partial charge on any atom is -0.496 e. The molecule has 1 heterocycles. The van der Waals surface area contributed by atoms with Crippen molar-refractivity contribution in [3.05, 3.63) is 88.4 Å². The summed E-state index contributed by atoms with van der Waals surface area (Å²) < 4.78 is 5.67. The first kappa shape index (κ1) is 18.0. The molecular weight excluding hydrogens is 379 g/mol. The summed E-state index contributed by atoms with van der Waals surface area (Å²) in [6.07, 6.45) is 0.0171. The summed E-state index contributed by atoms with van der Waals surface area (Å²) in [6, 6.07) is 24.2. The van der Waals surface area contributed by atoms with Crippen molar-refractivity contribution in [1.82, 2.24) is 0 Å². The van der Waals surface area contributed by atoms with Gasteiger partial charge in [-0.2, -0.15) is 0 Å². The average molecular weight is 399 g/mol. The molecule has 4 rings (SSSR count). The second-order valence-corrected chi connectivity index (χ2v) is 7.33. The van der Waals surface area contributed by atoms with E-state index in [4.69, 9.17) is 27.9 Å². The molecule has 3 aromatic carbocycles. The first-order valence-corrected chi connectivity index (χ1v) is 9.60. The van der Waals surface area contributed by atoms with Gasteiger partial charge in [0.15, 0.2) is 0 Å². The summed E-state index contributed by atoms with van der Waals surface area (Å²) in [5.41, 5.74) is 3.39. The Morgan fingerprint density at radius 2 is 1.22 bits per heavy atom. The second-order valence-electron chi connectivity index (χ2n) is 6.46. The summed E-state index contributed by atoms with van der Waals surface area (Å²) in [5, 5.41) is 1.47. The molecule has 0 aromatic heterocycles. The molecule has 0 atom stereocenters. The Balaban J connectivity index is 1.80. The Labute approximate surface area is 169 Å². The topological polar surface area (TPSA) is 15.7 Å². The van der Waals surface area contributed by atoms with Crippen LogP contribution in [-0.2, 0) is 0 Å². The maximum absolute atomic E-state index is 6.10. The highest BCUT2D eigenvalue weighted by atomic mass is 35.5. The molecule has 0 bridgehead atoms. The van der Waals surface area contributed by atoms with Crippen molar-refractivity contribution in [3.8, 4) is 5.75 Å². The highest BCUT2D eigenvalue weighted by Gasteiger charge is 2.35. The molecule has 1 fully saturated rings. The van der Waals surface area contributed by atoms with Gasteiger partial charge in [0, 0.05) is 40.1 Å². The third-order valence-corrected chi connectivity index (χ3v) is 5.41. The molecule has 1 saturated heterocycles. The van der Waals surface area contributed by atoms with Crippen molar-refractivity contribution < 1.29 is 4.74 Å². The van der Waals surface area contributed by atoms with Crippen molar-refractivity contribution in [2.24, 2.45) is 0 Å². The number of para-hydroxylation sites is 1. The summed E-state index contributed by atoms with van der Waals surface area (Å²) in [5.74, 6) is 0.877. The van der Waals surface area contributed by atoms with Crippen molar-refractivity contribution in [2.45, 2.75) is 6.17 Å². The van der Waals surface area contributed by atoms with Gasteiger partial charge in [0.25, 0.3) is 0 Å². The van der Waals surface area contributed by atoms with Crippen LogP contribution >= 0.6 is 23.2 Å².